The van der Waals surface area contributed by atoms with Gasteiger partial charge in [0.15, 0.2) is 0 Å². The zero-order chi connectivity index (χ0) is 19.8. The fraction of sp³-hybridized carbons (Fsp3) is 0.650. The van der Waals surface area contributed by atoms with E-state index < -0.39 is 36.3 Å². The standard InChI is InChI=1S/C20H28F2N2O3/c1-20(2,3)27-19(26)24-14-9-10-15(24)16(17(25)18(21)22)23(12-14)11-13-7-5-4-6-8-13/h4-8,14-18,25H,9-12H2,1-3H3/t14-,15-,16-,17+/m0/s1. The van der Waals surface area contributed by atoms with Crippen molar-refractivity contribution in [3.05, 3.63) is 35.9 Å². The predicted octanol–water partition coefficient (Wildman–Crippen LogP) is 3.26. The van der Waals surface area contributed by atoms with E-state index in [9.17, 15) is 18.7 Å². The number of hydrogen-bond acceptors (Lipinski definition) is 4. The summed E-state index contributed by atoms with van der Waals surface area (Å²) in [4.78, 5) is 16.2. The van der Waals surface area contributed by atoms with E-state index in [0.29, 0.717) is 19.5 Å². The molecule has 1 aromatic carbocycles. The van der Waals surface area contributed by atoms with Crippen molar-refractivity contribution in [2.75, 3.05) is 6.54 Å². The summed E-state index contributed by atoms with van der Waals surface area (Å²) in [5, 5.41) is 10.3. The van der Waals surface area contributed by atoms with E-state index in [1.54, 1.807) is 25.7 Å². The second kappa shape index (κ2) is 7.72. The lowest BCUT2D eigenvalue weighted by Crippen LogP contribution is -2.65. The molecule has 0 aromatic heterocycles. The van der Waals surface area contributed by atoms with Gasteiger partial charge in [0.25, 0.3) is 6.43 Å². The first-order chi connectivity index (χ1) is 12.7. The van der Waals surface area contributed by atoms with E-state index in [1.807, 2.05) is 35.2 Å². The molecular formula is C20H28F2N2O3. The zero-order valence-electron chi connectivity index (χ0n) is 16.0. The highest BCUT2D eigenvalue weighted by Gasteiger charge is 2.53. The molecule has 2 heterocycles. The number of fused-ring (bicyclic) bond motifs is 2. The topological polar surface area (TPSA) is 53.0 Å². The van der Waals surface area contributed by atoms with Crippen molar-refractivity contribution in [2.45, 2.75) is 76.4 Å². The molecule has 7 heteroatoms. The Morgan fingerprint density at radius 2 is 1.93 bits per heavy atom. The highest BCUT2D eigenvalue weighted by molar-refractivity contribution is 5.70. The molecule has 2 aliphatic heterocycles. The number of nitrogens with zero attached hydrogens (tertiary/aromatic N) is 2. The summed E-state index contributed by atoms with van der Waals surface area (Å²) in [7, 11) is 0. The number of aliphatic hydroxyl groups is 1. The smallest absolute Gasteiger partial charge is 0.410 e. The number of carbonyl (C=O) groups excluding carboxylic acids is 1. The van der Waals surface area contributed by atoms with Gasteiger partial charge in [-0.05, 0) is 39.2 Å². The summed E-state index contributed by atoms with van der Waals surface area (Å²) < 4.78 is 32.4. The molecule has 0 aliphatic carbocycles. The Morgan fingerprint density at radius 3 is 2.52 bits per heavy atom. The van der Waals surface area contributed by atoms with Gasteiger partial charge in [0.1, 0.15) is 11.7 Å². The van der Waals surface area contributed by atoms with Crippen LogP contribution < -0.4 is 0 Å². The average Bonchev–Trinajstić information content (AvgIpc) is 2.89. The van der Waals surface area contributed by atoms with E-state index in [2.05, 4.69) is 0 Å². The van der Waals surface area contributed by atoms with Crippen molar-refractivity contribution in [1.29, 1.82) is 0 Å². The van der Waals surface area contributed by atoms with Gasteiger partial charge in [-0.3, -0.25) is 9.80 Å². The number of halogens is 2. The van der Waals surface area contributed by atoms with Crippen molar-refractivity contribution >= 4 is 6.09 Å². The van der Waals surface area contributed by atoms with Crippen LogP contribution in [0.5, 0.6) is 0 Å². The molecule has 0 radical (unpaired) electrons. The van der Waals surface area contributed by atoms with Gasteiger partial charge in [-0.15, -0.1) is 0 Å². The third-order valence-corrected chi connectivity index (χ3v) is 5.25. The SMILES string of the molecule is CC(C)(C)OC(=O)N1[C@H]2CC[C@H]1[C@@H]([C@@H](O)C(F)F)N(Cc1ccccc1)C2. The van der Waals surface area contributed by atoms with Crippen LogP contribution in [0.1, 0.15) is 39.2 Å². The third-order valence-electron chi connectivity index (χ3n) is 5.25. The molecule has 2 fully saturated rings. The van der Waals surface area contributed by atoms with Crippen molar-refractivity contribution in [2.24, 2.45) is 0 Å². The number of hydrogen-bond donors (Lipinski definition) is 1. The molecule has 2 bridgehead atoms. The first-order valence-electron chi connectivity index (χ1n) is 9.43. The fourth-order valence-electron chi connectivity index (χ4n) is 4.24. The van der Waals surface area contributed by atoms with Crippen LogP contribution in [0.3, 0.4) is 0 Å². The molecular weight excluding hydrogens is 354 g/mol. The number of likely N-dealkylation sites (tertiary alicyclic amines) is 1. The van der Waals surface area contributed by atoms with Gasteiger partial charge in [-0.2, -0.15) is 0 Å². The molecule has 2 aliphatic rings. The van der Waals surface area contributed by atoms with Crippen LogP contribution in [-0.2, 0) is 11.3 Å². The normalized spacial score (nSPS) is 27.1. The lowest BCUT2D eigenvalue weighted by molar-refractivity contribution is -0.103. The molecule has 1 N–H and O–H groups in total. The number of aliphatic hydroxyl groups excluding tert-OH is 1. The summed E-state index contributed by atoms with van der Waals surface area (Å²) in [6.45, 7) is 6.25. The molecule has 2 saturated heterocycles. The Hall–Kier alpha value is -1.73. The van der Waals surface area contributed by atoms with Gasteiger partial charge in [0.2, 0.25) is 0 Å². The van der Waals surface area contributed by atoms with Crippen molar-refractivity contribution in [1.82, 2.24) is 9.80 Å². The quantitative estimate of drug-likeness (QED) is 0.869. The number of rotatable bonds is 4. The second-order valence-corrected chi connectivity index (χ2v) is 8.42. The number of alkyl halides is 2. The number of ether oxygens (including phenoxy) is 1. The molecule has 3 rings (SSSR count). The van der Waals surface area contributed by atoms with Crippen LogP contribution in [0.4, 0.5) is 13.6 Å². The Balaban J connectivity index is 1.85. The maximum atomic E-state index is 13.4. The van der Waals surface area contributed by atoms with Crippen molar-refractivity contribution < 1.29 is 23.4 Å². The molecule has 150 valence electrons. The second-order valence-electron chi connectivity index (χ2n) is 8.42. The summed E-state index contributed by atoms with van der Waals surface area (Å²) in [6, 6.07) is 8.19. The van der Waals surface area contributed by atoms with Crippen molar-refractivity contribution in [3.63, 3.8) is 0 Å². The van der Waals surface area contributed by atoms with Gasteiger partial charge >= 0.3 is 6.09 Å². The minimum Gasteiger partial charge on any atom is -0.444 e. The monoisotopic (exact) mass is 382 g/mol. The van der Waals surface area contributed by atoms with Gasteiger partial charge < -0.3 is 9.84 Å². The van der Waals surface area contributed by atoms with Crippen LogP contribution >= 0.6 is 0 Å². The van der Waals surface area contributed by atoms with Gasteiger partial charge in [0.05, 0.1) is 12.1 Å². The lowest BCUT2D eigenvalue weighted by Gasteiger charge is -2.48. The minimum absolute atomic E-state index is 0.0883. The Bertz CT molecular complexity index is 650. The third kappa shape index (κ3) is 4.41. The van der Waals surface area contributed by atoms with Crippen LogP contribution in [0.15, 0.2) is 30.3 Å². The maximum Gasteiger partial charge on any atom is 0.410 e. The molecule has 0 saturated carbocycles. The fourth-order valence-corrected chi connectivity index (χ4v) is 4.24. The Labute approximate surface area is 158 Å². The number of carbonyl (C=O) groups is 1. The number of piperazine rings is 1. The predicted molar refractivity (Wildman–Crippen MR) is 97.5 cm³/mol. The molecule has 0 unspecified atom stereocenters. The molecule has 5 nitrogen and oxygen atoms in total. The summed E-state index contributed by atoms with van der Waals surface area (Å²) in [5.74, 6) is 0. The zero-order valence-corrected chi connectivity index (χ0v) is 16.0. The van der Waals surface area contributed by atoms with Crippen LogP contribution in [0.2, 0.25) is 0 Å². The largest absolute Gasteiger partial charge is 0.444 e. The van der Waals surface area contributed by atoms with E-state index in [4.69, 9.17) is 4.74 Å². The minimum atomic E-state index is -2.87. The van der Waals surface area contributed by atoms with Crippen LogP contribution in [0, 0.1) is 0 Å². The average molecular weight is 382 g/mol. The van der Waals surface area contributed by atoms with E-state index >= 15 is 0 Å². The summed E-state index contributed by atoms with van der Waals surface area (Å²) in [6.07, 6.45) is -3.86. The Morgan fingerprint density at radius 1 is 1.26 bits per heavy atom. The van der Waals surface area contributed by atoms with E-state index in [1.165, 1.54) is 0 Å². The first kappa shape index (κ1) is 20.0. The van der Waals surface area contributed by atoms with Crippen LogP contribution in [-0.4, -0.2) is 63.8 Å². The number of amides is 1. The van der Waals surface area contributed by atoms with Crippen LogP contribution in [0.25, 0.3) is 0 Å². The Kier molecular flexibility index (Phi) is 5.72. The highest BCUT2D eigenvalue weighted by Crippen LogP contribution is 2.38. The summed E-state index contributed by atoms with van der Waals surface area (Å²) in [5.41, 5.74) is 0.336. The maximum absolute atomic E-state index is 13.4. The highest BCUT2D eigenvalue weighted by atomic mass is 19.3. The molecule has 1 aromatic rings. The molecule has 27 heavy (non-hydrogen) atoms. The van der Waals surface area contributed by atoms with Gasteiger partial charge in [0, 0.05) is 19.1 Å². The van der Waals surface area contributed by atoms with Gasteiger partial charge in [-0.1, -0.05) is 30.3 Å². The van der Waals surface area contributed by atoms with E-state index in [0.717, 1.165) is 12.0 Å². The number of benzene rings is 1. The lowest BCUT2D eigenvalue weighted by atomic mass is 9.96. The van der Waals surface area contributed by atoms with Gasteiger partial charge in [-0.25, -0.2) is 13.6 Å². The summed E-state index contributed by atoms with van der Waals surface area (Å²) >= 11 is 0. The molecule has 1 amide bonds. The van der Waals surface area contributed by atoms with E-state index in [-0.39, 0.29) is 6.04 Å². The molecule has 4 atom stereocenters. The first-order valence-corrected chi connectivity index (χ1v) is 9.43. The molecule has 0 spiro atoms. The van der Waals surface area contributed by atoms with Crippen molar-refractivity contribution in [3.8, 4) is 0 Å².